The first kappa shape index (κ1) is 15.0. The summed E-state index contributed by atoms with van der Waals surface area (Å²) in [4.78, 5) is 17.1. The van der Waals surface area contributed by atoms with E-state index in [1.54, 1.807) is 10.9 Å². The van der Waals surface area contributed by atoms with Crippen molar-refractivity contribution in [3.8, 4) is 0 Å². The monoisotopic (exact) mass is 404 g/mol. The number of carbonyl (C=O) groups is 1. The number of hydrogen-bond donors (Lipinski definition) is 1. The molecule has 0 aromatic carbocycles. The maximum absolute atomic E-state index is 11.6. The fourth-order valence-corrected chi connectivity index (χ4v) is 2.48. The molecule has 0 spiro atoms. The Balaban J connectivity index is 1.84. The van der Waals surface area contributed by atoms with Crippen LogP contribution in [0.2, 0.25) is 0 Å². The third kappa shape index (κ3) is 3.79. The molecule has 2 heterocycles. The van der Waals surface area contributed by atoms with Crippen molar-refractivity contribution >= 4 is 45.7 Å². The lowest BCUT2D eigenvalue weighted by Crippen LogP contribution is -2.15. The molecule has 0 aliphatic carbocycles. The van der Waals surface area contributed by atoms with Crippen LogP contribution in [-0.2, 0) is 16.2 Å². The third-order valence-corrected chi connectivity index (χ3v) is 4.54. The molecule has 0 fully saturated rings. The highest BCUT2D eigenvalue weighted by Crippen LogP contribution is 2.10. The number of thiophene rings is 1. The van der Waals surface area contributed by atoms with E-state index in [2.05, 4.69) is 32.8 Å². The van der Waals surface area contributed by atoms with E-state index in [0.29, 0.717) is 6.54 Å². The van der Waals surface area contributed by atoms with Gasteiger partial charge in [0.15, 0.2) is 5.84 Å². The van der Waals surface area contributed by atoms with Crippen molar-refractivity contribution in [3.63, 3.8) is 0 Å². The van der Waals surface area contributed by atoms with Crippen LogP contribution < -0.4 is 5.73 Å². The molecule has 0 amide bonds. The van der Waals surface area contributed by atoms with Crippen LogP contribution in [0.4, 0.5) is 0 Å². The fourth-order valence-electron chi connectivity index (χ4n) is 1.46. The van der Waals surface area contributed by atoms with Gasteiger partial charge < -0.3 is 10.6 Å². The van der Waals surface area contributed by atoms with E-state index in [-0.39, 0.29) is 12.3 Å². The van der Waals surface area contributed by atoms with Crippen LogP contribution in [0.25, 0.3) is 0 Å². The lowest BCUT2D eigenvalue weighted by Gasteiger charge is -2.03. The van der Waals surface area contributed by atoms with Crippen LogP contribution in [0.15, 0.2) is 28.9 Å². The van der Waals surface area contributed by atoms with Crippen molar-refractivity contribution in [1.82, 2.24) is 9.78 Å². The second kappa shape index (κ2) is 6.84. The van der Waals surface area contributed by atoms with Gasteiger partial charge in [0.05, 0.1) is 27.6 Å². The summed E-state index contributed by atoms with van der Waals surface area (Å²) in [5.74, 6) is -0.229. The van der Waals surface area contributed by atoms with E-state index in [1.165, 1.54) is 11.3 Å². The second-order valence-corrected chi connectivity index (χ2v) is 6.08. The van der Waals surface area contributed by atoms with Crippen LogP contribution >= 0.6 is 33.9 Å². The molecule has 0 atom stereocenters. The summed E-state index contributed by atoms with van der Waals surface area (Å²) in [5.41, 5.74) is 6.71. The normalized spacial score (nSPS) is 11.6. The quantitative estimate of drug-likeness (QED) is 0.272. The van der Waals surface area contributed by atoms with E-state index in [0.717, 1.165) is 14.1 Å². The van der Waals surface area contributed by atoms with Gasteiger partial charge in [-0.15, -0.1) is 11.3 Å². The number of nitrogens with zero attached hydrogens (tertiary/aromatic N) is 3. The smallest absolute Gasteiger partial charge is 0.336 e. The number of hydrogen-bond acceptors (Lipinski definition) is 5. The summed E-state index contributed by atoms with van der Waals surface area (Å²) in [6.45, 7) is 2.41. The lowest BCUT2D eigenvalue weighted by atomic mass is 10.4. The molecule has 0 saturated carbocycles. The summed E-state index contributed by atoms with van der Waals surface area (Å²) >= 11 is 3.63. The standard InChI is InChI=1S/C12H13IN4O2S/c1-8-9(13)7-15-17(8)5-4-11(18)19-16-12(14)10-3-2-6-20-10/h2-3,6-7H,4-5H2,1H3,(H2,14,16). The minimum atomic E-state index is -0.436. The van der Waals surface area contributed by atoms with Gasteiger partial charge in [-0.05, 0) is 41.0 Å². The Kier molecular flexibility index (Phi) is 5.12. The number of aromatic nitrogens is 2. The van der Waals surface area contributed by atoms with E-state index in [4.69, 9.17) is 10.6 Å². The Hall–Kier alpha value is -1.42. The summed E-state index contributed by atoms with van der Waals surface area (Å²) in [7, 11) is 0. The number of nitrogens with two attached hydrogens (primary N) is 1. The zero-order valence-electron chi connectivity index (χ0n) is 10.7. The Morgan fingerprint density at radius 1 is 1.65 bits per heavy atom. The summed E-state index contributed by atoms with van der Waals surface area (Å²) in [6, 6.07) is 3.67. The van der Waals surface area contributed by atoms with Gasteiger partial charge in [-0.1, -0.05) is 11.2 Å². The van der Waals surface area contributed by atoms with Gasteiger partial charge in [-0.25, -0.2) is 4.79 Å². The minimum absolute atomic E-state index is 0.194. The van der Waals surface area contributed by atoms with Crippen molar-refractivity contribution in [2.24, 2.45) is 10.9 Å². The van der Waals surface area contributed by atoms with Crippen LogP contribution in [-0.4, -0.2) is 21.6 Å². The SMILES string of the molecule is Cc1c(I)cnn1CCC(=O)O/N=C(\N)c1cccs1. The second-order valence-electron chi connectivity index (χ2n) is 3.97. The minimum Gasteiger partial charge on any atom is -0.380 e. The maximum atomic E-state index is 11.6. The number of rotatable bonds is 5. The molecule has 2 aromatic heterocycles. The van der Waals surface area contributed by atoms with Gasteiger partial charge in [0.2, 0.25) is 0 Å². The first-order valence-electron chi connectivity index (χ1n) is 5.83. The van der Waals surface area contributed by atoms with Crippen molar-refractivity contribution in [2.75, 3.05) is 0 Å². The molecule has 6 nitrogen and oxygen atoms in total. The highest BCUT2D eigenvalue weighted by Gasteiger charge is 2.08. The van der Waals surface area contributed by atoms with Gasteiger partial charge in [-0.3, -0.25) is 4.68 Å². The number of amidine groups is 1. The fraction of sp³-hybridized carbons (Fsp3) is 0.250. The Labute approximate surface area is 133 Å². The topological polar surface area (TPSA) is 82.5 Å². The molecule has 0 unspecified atom stereocenters. The number of halogens is 1. The van der Waals surface area contributed by atoms with Gasteiger partial charge in [0.1, 0.15) is 0 Å². The number of oxime groups is 1. The summed E-state index contributed by atoms with van der Waals surface area (Å²) in [5, 5.41) is 9.67. The molecule has 0 bridgehead atoms. The zero-order chi connectivity index (χ0) is 14.5. The molecule has 2 aromatic rings. The molecule has 20 heavy (non-hydrogen) atoms. The molecule has 106 valence electrons. The first-order chi connectivity index (χ1) is 9.58. The average molecular weight is 404 g/mol. The molecular formula is C12H13IN4O2S. The largest absolute Gasteiger partial charge is 0.380 e. The van der Waals surface area contributed by atoms with Crippen LogP contribution in [0.5, 0.6) is 0 Å². The molecule has 2 N–H and O–H groups in total. The predicted molar refractivity (Wildman–Crippen MR) is 85.4 cm³/mol. The van der Waals surface area contributed by atoms with Gasteiger partial charge in [0, 0.05) is 5.69 Å². The van der Waals surface area contributed by atoms with E-state index >= 15 is 0 Å². The van der Waals surface area contributed by atoms with Gasteiger partial charge in [-0.2, -0.15) is 5.10 Å². The Morgan fingerprint density at radius 3 is 3.05 bits per heavy atom. The van der Waals surface area contributed by atoms with Crippen LogP contribution in [0.1, 0.15) is 17.0 Å². The average Bonchev–Trinajstić information content (AvgIpc) is 3.06. The van der Waals surface area contributed by atoms with Crippen molar-refractivity contribution in [3.05, 3.63) is 37.9 Å². The van der Waals surface area contributed by atoms with Crippen LogP contribution in [0.3, 0.4) is 0 Å². The number of carbonyl (C=O) groups excluding carboxylic acids is 1. The Morgan fingerprint density at radius 2 is 2.45 bits per heavy atom. The van der Waals surface area contributed by atoms with Gasteiger partial charge in [0.25, 0.3) is 0 Å². The summed E-state index contributed by atoms with van der Waals surface area (Å²) in [6.07, 6.45) is 1.95. The van der Waals surface area contributed by atoms with Crippen molar-refractivity contribution < 1.29 is 9.63 Å². The molecule has 0 saturated heterocycles. The molecule has 2 rings (SSSR count). The van der Waals surface area contributed by atoms with Gasteiger partial charge >= 0.3 is 5.97 Å². The molecule has 8 heteroatoms. The highest BCUT2D eigenvalue weighted by atomic mass is 127. The molecule has 0 aliphatic heterocycles. The molecular weight excluding hydrogens is 391 g/mol. The Bertz CT molecular complexity index is 621. The van der Waals surface area contributed by atoms with E-state index in [1.807, 2.05) is 24.4 Å². The summed E-state index contributed by atoms with van der Waals surface area (Å²) < 4.78 is 2.82. The highest BCUT2D eigenvalue weighted by molar-refractivity contribution is 14.1. The van der Waals surface area contributed by atoms with Crippen LogP contribution in [0, 0.1) is 10.5 Å². The number of aryl methyl sites for hydroxylation is 1. The molecule has 0 radical (unpaired) electrons. The lowest BCUT2D eigenvalue weighted by molar-refractivity contribution is -0.143. The van der Waals surface area contributed by atoms with Crippen molar-refractivity contribution in [2.45, 2.75) is 19.9 Å². The third-order valence-electron chi connectivity index (χ3n) is 2.59. The first-order valence-corrected chi connectivity index (χ1v) is 7.79. The molecule has 0 aliphatic rings. The van der Waals surface area contributed by atoms with E-state index in [9.17, 15) is 4.79 Å². The van der Waals surface area contributed by atoms with E-state index < -0.39 is 5.97 Å². The maximum Gasteiger partial charge on any atom is 0.336 e. The predicted octanol–water partition coefficient (Wildman–Crippen LogP) is 2.11. The van der Waals surface area contributed by atoms with Crippen molar-refractivity contribution in [1.29, 1.82) is 0 Å². The zero-order valence-corrected chi connectivity index (χ0v) is 13.7.